The number of hydrogen-bond donors (Lipinski definition) is 1. The van der Waals surface area contributed by atoms with E-state index in [-0.39, 0.29) is 5.75 Å². The number of rotatable bonds is 6. The number of nitrogens with two attached hydrogens (primary N) is 1. The van der Waals surface area contributed by atoms with Gasteiger partial charge in [-0.2, -0.15) is 0 Å². The molecule has 1 aromatic rings. The summed E-state index contributed by atoms with van der Waals surface area (Å²) in [6, 6.07) is 8.00. The molecule has 0 saturated carbocycles. The summed E-state index contributed by atoms with van der Waals surface area (Å²) in [5.41, 5.74) is 7.58. The lowest BCUT2D eigenvalue weighted by atomic mass is 10.1. The van der Waals surface area contributed by atoms with Gasteiger partial charge in [0, 0.05) is 31.1 Å². The van der Waals surface area contributed by atoms with Gasteiger partial charge >= 0.3 is 0 Å². The molecule has 0 fully saturated rings. The Morgan fingerprint density at radius 1 is 1.33 bits per heavy atom. The Kier molecular flexibility index (Phi) is 5.16. The molecule has 0 aliphatic heterocycles. The Labute approximate surface area is 110 Å². The molecule has 0 unspecified atom stereocenters. The molecule has 0 amide bonds. The third-order valence-electron chi connectivity index (χ3n) is 2.82. The van der Waals surface area contributed by atoms with E-state index in [1.807, 2.05) is 24.3 Å². The molecule has 18 heavy (non-hydrogen) atoms. The van der Waals surface area contributed by atoms with E-state index in [0.29, 0.717) is 12.6 Å². The average molecular weight is 270 g/mol. The van der Waals surface area contributed by atoms with Crippen LogP contribution < -0.4 is 5.73 Å². The molecular formula is C13H22N2O2S. The van der Waals surface area contributed by atoms with Crippen molar-refractivity contribution in [2.45, 2.75) is 26.4 Å². The van der Waals surface area contributed by atoms with Gasteiger partial charge in [0.05, 0.1) is 5.75 Å². The van der Waals surface area contributed by atoms with Crippen LogP contribution in [0.4, 0.5) is 5.69 Å². The highest BCUT2D eigenvalue weighted by molar-refractivity contribution is 7.90. The number of anilines is 1. The molecule has 0 heterocycles. The van der Waals surface area contributed by atoms with Gasteiger partial charge in [0.25, 0.3) is 0 Å². The number of nitrogens with zero attached hydrogens (tertiary/aromatic N) is 1. The van der Waals surface area contributed by atoms with Crippen molar-refractivity contribution < 1.29 is 8.42 Å². The summed E-state index contributed by atoms with van der Waals surface area (Å²) in [5.74, 6) is 0.188. The summed E-state index contributed by atoms with van der Waals surface area (Å²) >= 11 is 0. The van der Waals surface area contributed by atoms with Crippen LogP contribution in [0.5, 0.6) is 0 Å². The maximum Gasteiger partial charge on any atom is 0.148 e. The van der Waals surface area contributed by atoms with Crippen molar-refractivity contribution in [3.63, 3.8) is 0 Å². The van der Waals surface area contributed by atoms with Gasteiger partial charge in [-0.3, -0.25) is 4.90 Å². The molecule has 0 spiro atoms. The second-order valence-electron chi connectivity index (χ2n) is 4.94. The first-order valence-electron chi connectivity index (χ1n) is 6.04. The molecule has 0 radical (unpaired) electrons. The van der Waals surface area contributed by atoms with Crippen molar-refractivity contribution in [3.8, 4) is 0 Å². The van der Waals surface area contributed by atoms with E-state index in [4.69, 9.17) is 5.73 Å². The van der Waals surface area contributed by atoms with E-state index < -0.39 is 9.84 Å². The fourth-order valence-electron chi connectivity index (χ4n) is 1.73. The fourth-order valence-corrected chi connectivity index (χ4v) is 2.30. The number of nitrogen functional groups attached to an aromatic ring is 1. The maximum atomic E-state index is 11.2. The quantitative estimate of drug-likeness (QED) is 0.796. The smallest absolute Gasteiger partial charge is 0.148 e. The zero-order valence-electron chi connectivity index (χ0n) is 11.3. The van der Waals surface area contributed by atoms with Crippen LogP contribution in [0.25, 0.3) is 0 Å². The first kappa shape index (κ1) is 15.0. The minimum atomic E-state index is -2.92. The summed E-state index contributed by atoms with van der Waals surface area (Å²) in [7, 11) is -2.92. The molecular weight excluding hydrogens is 248 g/mol. The molecule has 102 valence electrons. The van der Waals surface area contributed by atoms with E-state index in [1.165, 1.54) is 6.26 Å². The zero-order chi connectivity index (χ0) is 13.8. The summed E-state index contributed by atoms with van der Waals surface area (Å²) in [4.78, 5) is 2.13. The lowest BCUT2D eigenvalue weighted by Gasteiger charge is -2.26. The van der Waals surface area contributed by atoms with Crippen LogP contribution in [0, 0.1) is 0 Å². The molecule has 4 nitrogen and oxygen atoms in total. The van der Waals surface area contributed by atoms with Crippen molar-refractivity contribution in [1.82, 2.24) is 4.90 Å². The third kappa shape index (κ3) is 5.51. The van der Waals surface area contributed by atoms with Gasteiger partial charge in [-0.05, 0) is 31.5 Å². The summed E-state index contributed by atoms with van der Waals surface area (Å²) in [6.45, 7) is 5.40. The average Bonchev–Trinajstić information content (AvgIpc) is 2.22. The van der Waals surface area contributed by atoms with Crippen molar-refractivity contribution in [2.24, 2.45) is 0 Å². The number of hydrogen-bond acceptors (Lipinski definition) is 4. The highest BCUT2D eigenvalue weighted by atomic mass is 32.2. The standard InChI is InChI=1S/C13H22N2O2S/c1-11(2)15(7-8-18(3,16)17)10-12-5-4-6-13(14)9-12/h4-6,9,11H,7-8,10,14H2,1-3H3. The van der Waals surface area contributed by atoms with Crippen LogP contribution in [0.1, 0.15) is 19.4 Å². The Bertz CT molecular complexity index is 484. The van der Waals surface area contributed by atoms with Gasteiger partial charge in [0.1, 0.15) is 9.84 Å². The molecule has 0 aliphatic rings. The molecule has 1 rings (SSSR count). The highest BCUT2D eigenvalue weighted by Crippen LogP contribution is 2.11. The molecule has 1 aromatic carbocycles. The lowest BCUT2D eigenvalue weighted by Crippen LogP contribution is -2.34. The maximum absolute atomic E-state index is 11.2. The Morgan fingerprint density at radius 3 is 2.50 bits per heavy atom. The van der Waals surface area contributed by atoms with E-state index in [0.717, 1.165) is 17.8 Å². The zero-order valence-corrected chi connectivity index (χ0v) is 12.1. The first-order valence-corrected chi connectivity index (χ1v) is 8.10. The van der Waals surface area contributed by atoms with Crippen LogP contribution in [0.15, 0.2) is 24.3 Å². The molecule has 5 heteroatoms. The second-order valence-corrected chi connectivity index (χ2v) is 7.20. The molecule has 2 N–H and O–H groups in total. The number of sulfone groups is 1. The summed E-state index contributed by atoms with van der Waals surface area (Å²) < 4.78 is 22.4. The molecule has 0 aliphatic carbocycles. The minimum Gasteiger partial charge on any atom is -0.399 e. The lowest BCUT2D eigenvalue weighted by molar-refractivity contribution is 0.226. The molecule has 0 atom stereocenters. The normalized spacial score (nSPS) is 12.3. The third-order valence-corrected chi connectivity index (χ3v) is 3.74. The SMILES string of the molecule is CC(C)N(CCS(C)(=O)=O)Cc1cccc(N)c1. The fraction of sp³-hybridized carbons (Fsp3) is 0.538. The highest BCUT2D eigenvalue weighted by Gasteiger charge is 2.13. The Morgan fingerprint density at radius 2 is 2.00 bits per heavy atom. The predicted octanol–water partition coefficient (Wildman–Crippen LogP) is 1.52. The second kappa shape index (κ2) is 6.20. The van der Waals surface area contributed by atoms with Gasteiger partial charge in [-0.1, -0.05) is 12.1 Å². The number of benzene rings is 1. The Balaban J connectivity index is 2.69. The molecule has 0 bridgehead atoms. The Hall–Kier alpha value is -1.07. The summed E-state index contributed by atoms with van der Waals surface area (Å²) in [5, 5.41) is 0. The van der Waals surface area contributed by atoms with Crippen LogP contribution in [0.2, 0.25) is 0 Å². The van der Waals surface area contributed by atoms with Crippen LogP contribution in [-0.2, 0) is 16.4 Å². The molecule has 0 aromatic heterocycles. The van der Waals surface area contributed by atoms with E-state index in [9.17, 15) is 8.42 Å². The van der Waals surface area contributed by atoms with Crippen molar-refractivity contribution in [2.75, 3.05) is 24.3 Å². The van der Waals surface area contributed by atoms with E-state index >= 15 is 0 Å². The molecule has 0 saturated heterocycles. The van der Waals surface area contributed by atoms with Gasteiger partial charge in [-0.25, -0.2) is 8.42 Å². The van der Waals surface area contributed by atoms with Crippen molar-refractivity contribution in [3.05, 3.63) is 29.8 Å². The largest absolute Gasteiger partial charge is 0.399 e. The first-order chi connectivity index (χ1) is 8.28. The predicted molar refractivity (Wildman–Crippen MR) is 76.1 cm³/mol. The van der Waals surface area contributed by atoms with Crippen molar-refractivity contribution in [1.29, 1.82) is 0 Å². The van der Waals surface area contributed by atoms with Crippen LogP contribution in [0.3, 0.4) is 0 Å². The monoisotopic (exact) mass is 270 g/mol. The van der Waals surface area contributed by atoms with Gasteiger partial charge < -0.3 is 5.73 Å². The van der Waals surface area contributed by atoms with Gasteiger partial charge in [0.2, 0.25) is 0 Å². The summed E-state index contributed by atoms with van der Waals surface area (Å²) in [6.07, 6.45) is 1.27. The van der Waals surface area contributed by atoms with E-state index in [1.54, 1.807) is 0 Å². The van der Waals surface area contributed by atoms with Gasteiger partial charge in [-0.15, -0.1) is 0 Å². The van der Waals surface area contributed by atoms with Gasteiger partial charge in [0.15, 0.2) is 0 Å². The minimum absolute atomic E-state index is 0.188. The van der Waals surface area contributed by atoms with E-state index in [2.05, 4.69) is 18.7 Å². The van der Waals surface area contributed by atoms with Crippen molar-refractivity contribution >= 4 is 15.5 Å². The van der Waals surface area contributed by atoms with Crippen LogP contribution in [-0.4, -0.2) is 37.9 Å². The topological polar surface area (TPSA) is 63.4 Å². The van der Waals surface area contributed by atoms with Crippen LogP contribution >= 0.6 is 0 Å².